The number of rotatable bonds is 41. The van der Waals surface area contributed by atoms with Crippen LogP contribution in [0.15, 0.2) is 0 Å². The standard InChI is InChI=1S/C40H83NO2.C4H10O5S/c1-5-7-9-11-13-15-17-19-21-23-25-27-29-31-33-35-37-42-39(3)41-40(4)43-38-36-34-32-30-28-26-24-22-20-18-16-14-12-10-8-6-2;1-3-4(2,5)9-10(6,7)8/h39-41H,5-38H2,1-4H3;5H,3H2,1-2H3,(H,6,7,8). The van der Waals surface area contributed by atoms with Gasteiger partial charge in [-0.2, -0.15) is 0 Å². The van der Waals surface area contributed by atoms with Crippen molar-refractivity contribution in [3.8, 4) is 0 Å². The van der Waals surface area contributed by atoms with E-state index < -0.39 is 16.2 Å². The van der Waals surface area contributed by atoms with Crippen LogP contribution in [0, 0.1) is 0 Å². The molecule has 0 heterocycles. The summed E-state index contributed by atoms with van der Waals surface area (Å²) in [5.41, 5.74) is 0. The lowest BCUT2D eigenvalue weighted by Gasteiger charge is -2.22. The van der Waals surface area contributed by atoms with Crippen LogP contribution in [0.3, 0.4) is 0 Å². The number of hydrogen-bond acceptors (Lipinski definition) is 7. The fourth-order valence-electron chi connectivity index (χ4n) is 6.61. The summed E-state index contributed by atoms with van der Waals surface area (Å²) in [7, 11) is -4.79. The van der Waals surface area contributed by atoms with E-state index in [4.69, 9.17) is 14.6 Å². The summed E-state index contributed by atoms with van der Waals surface area (Å²) in [5.74, 6) is -1.87. The van der Waals surface area contributed by atoms with Crippen LogP contribution in [0.5, 0.6) is 0 Å². The molecule has 3 atom stereocenters. The van der Waals surface area contributed by atoms with Crippen LogP contribution in [-0.2, 0) is 24.1 Å². The van der Waals surface area contributed by atoms with E-state index in [9.17, 15) is 13.0 Å². The number of quaternary nitrogens is 1. The van der Waals surface area contributed by atoms with Gasteiger partial charge in [-0.3, -0.25) is 5.32 Å². The maximum absolute atomic E-state index is 9.87. The van der Waals surface area contributed by atoms with Gasteiger partial charge in [0.2, 0.25) is 10.4 Å². The monoisotopic (exact) mass is 780 g/mol. The molecule has 8 nitrogen and oxygen atoms in total. The van der Waals surface area contributed by atoms with Gasteiger partial charge in [-0.25, -0.2) is 12.6 Å². The van der Waals surface area contributed by atoms with Crippen LogP contribution < -0.4 is 5.32 Å². The molecule has 0 amide bonds. The van der Waals surface area contributed by atoms with Crippen molar-refractivity contribution in [1.29, 1.82) is 0 Å². The second-order valence-electron chi connectivity index (χ2n) is 16.0. The van der Waals surface area contributed by atoms with Crippen LogP contribution in [0.4, 0.5) is 0 Å². The molecule has 0 radical (unpaired) electrons. The summed E-state index contributed by atoms with van der Waals surface area (Å²) in [6, 6.07) is 0. The molecule has 53 heavy (non-hydrogen) atoms. The molecular formula is C44H93NO7S. The average Bonchev–Trinajstić information content (AvgIpc) is 3.10. The highest BCUT2D eigenvalue weighted by Gasteiger charge is 2.21. The van der Waals surface area contributed by atoms with E-state index in [0.29, 0.717) is 0 Å². The molecule has 0 saturated carbocycles. The highest BCUT2D eigenvalue weighted by atomic mass is 32.3. The zero-order valence-electron chi connectivity index (χ0n) is 36.3. The summed E-state index contributed by atoms with van der Waals surface area (Å²) in [6.45, 7) is 13.3. The maximum Gasteiger partial charge on any atom is 0.220 e. The van der Waals surface area contributed by atoms with E-state index >= 15 is 0 Å². The summed E-state index contributed by atoms with van der Waals surface area (Å²) < 4.78 is 45.4. The van der Waals surface area contributed by atoms with Gasteiger partial charge in [-0.05, 0) is 26.2 Å². The van der Waals surface area contributed by atoms with Crippen LogP contribution in [0.2, 0.25) is 0 Å². The molecule has 0 aromatic rings. The molecule has 3 N–H and O–H groups in total. The van der Waals surface area contributed by atoms with Gasteiger partial charge < -0.3 is 19.1 Å². The number of aliphatic hydroxyl groups is 1. The SMILES string of the molecule is CCC(C)(O)OS(=O)(=O)[O-].CCCCCCCCCCCCCCCCCCOC(C)[NH2+]C(C)OCCCCCCCCCCCCCCCCCC. The van der Waals surface area contributed by atoms with Crippen LogP contribution in [-0.4, -0.2) is 49.5 Å². The van der Waals surface area contributed by atoms with E-state index in [1.807, 2.05) is 0 Å². The largest absolute Gasteiger partial charge is 0.725 e. The first-order valence-electron chi connectivity index (χ1n) is 22.9. The van der Waals surface area contributed by atoms with Crippen molar-refractivity contribution in [3.63, 3.8) is 0 Å². The third kappa shape index (κ3) is 49.7. The van der Waals surface area contributed by atoms with E-state index in [2.05, 4.69) is 37.2 Å². The molecule has 0 fully saturated rings. The predicted octanol–water partition coefficient (Wildman–Crippen LogP) is 12.4. The quantitative estimate of drug-likeness (QED) is 0.0274. The summed E-state index contributed by atoms with van der Waals surface area (Å²) in [5, 5.41) is 11.1. The van der Waals surface area contributed by atoms with E-state index in [0.717, 1.165) is 20.1 Å². The first-order valence-corrected chi connectivity index (χ1v) is 24.3. The Kier molecular flexibility index (Phi) is 42.8. The van der Waals surface area contributed by atoms with E-state index in [1.54, 1.807) is 0 Å². The molecule has 3 unspecified atom stereocenters. The second-order valence-corrected chi connectivity index (χ2v) is 17.0. The van der Waals surface area contributed by atoms with Crippen LogP contribution >= 0.6 is 0 Å². The lowest BCUT2D eigenvalue weighted by molar-refractivity contribution is -0.779. The van der Waals surface area contributed by atoms with Gasteiger partial charge in [0.05, 0.1) is 13.2 Å². The van der Waals surface area contributed by atoms with Gasteiger partial charge >= 0.3 is 0 Å². The first kappa shape index (κ1) is 54.8. The molecule has 0 aromatic heterocycles. The van der Waals surface area contributed by atoms with Crippen molar-refractivity contribution in [2.75, 3.05) is 13.2 Å². The van der Waals surface area contributed by atoms with Gasteiger partial charge in [0, 0.05) is 13.8 Å². The Morgan fingerprint density at radius 2 is 0.717 bits per heavy atom. The Labute approximate surface area is 331 Å². The molecule has 0 aliphatic carbocycles. The number of nitrogens with two attached hydrogens (primary N) is 1. The normalized spacial score (nSPS) is 14.1. The third-order valence-corrected chi connectivity index (χ3v) is 10.8. The fourth-order valence-corrected chi connectivity index (χ4v) is 7.17. The van der Waals surface area contributed by atoms with Crippen molar-refractivity contribution in [2.45, 2.75) is 272 Å². The molecule has 9 heteroatoms. The number of hydrogen-bond donors (Lipinski definition) is 2. The van der Waals surface area contributed by atoms with Crippen molar-refractivity contribution in [2.24, 2.45) is 0 Å². The summed E-state index contributed by atoms with van der Waals surface area (Å²) in [6.07, 6.45) is 45.7. The Hall–Kier alpha value is -0.290. The van der Waals surface area contributed by atoms with E-state index in [-0.39, 0.29) is 18.9 Å². The Bertz CT molecular complexity index is 770. The molecule has 0 spiro atoms. The highest BCUT2D eigenvalue weighted by molar-refractivity contribution is 7.80. The highest BCUT2D eigenvalue weighted by Crippen LogP contribution is 2.16. The zero-order valence-corrected chi connectivity index (χ0v) is 37.1. The minimum absolute atomic E-state index is 0.0362. The molecule has 0 saturated heterocycles. The first-order chi connectivity index (χ1) is 25.5. The van der Waals surface area contributed by atoms with Gasteiger partial charge in [-0.1, -0.05) is 213 Å². The molecular weight excluding hydrogens is 687 g/mol. The van der Waals surface area contributed by atoms with Crippen molar-refractivity contribution in [3.05, 3.63) is 0 Å². The van der Waals surface area contributed by atoms with Gasteiger partial charge in [-0.15, -0.1) is 0 Å². The minimum Gasteiger partial charge on any atom is -0.725 e. The fraction of sp³-hybridized carbons (Fsp3) is 1.00. The van der Waals surface area contributed by atoms with Gasteiger partial charge in [0.1, 0.15) is 0 Å². The smallest absolute Gasteiger partial charge is 0.220 e. The maximum atomic E-state index is 9.87. The number of unbranched alkanes of at least 4 members (excludes halogenated alkanes) is 30. The zero-order chi connectivity index (χ0) is 39.7. The van der Waals surface area contributed by atoms with Crippen LogP contribution in [0.25, 0.3) is 0 Å². The Morgan fingerprint density at radius 3 is 0.906 bits per heavy atom. The topological polar surface area (TPSA) is 122 Å². The second kappa shape index (κ2) is 41.3. The predicted molar refractivity (Wildman–Crippen MR) is 224 cm³/mol. The average molecular weight is 780 g/mol. The lowest BCUT2D eigenvalue weighted by Crippen LogP contribution is -2.94. The lowest BCUT2D eigenvalue weighted by atomic mass is 10.0. The molecule has 0 aromatic carbocycles. The van der Waals surface area contributed by atoms with E-state index in [1.165, 1.54) is 212 Å². The van der Waals surface area contributed by atoms with Crippen molar-refractivity contribution in [1.82, 2.24) is 0 Å². The summed E-state index contributed by atoms with van der Waals surface area (Å²) in [4.78, 5) is 0. The minimum atomic E-state index is -4.79. The number of ether oxygens (including phenoxy) is 2. The molecule has 0 aliphatic rings. The van der Waals surface area contributed by atoms with Crippen molar-refractivity contribution >= 4 is 10.4 Å². The van der Waals surface area contributed by atoms with Crippen LogP contribution in [0.1, 0.15) is 253 Å². The summed E-state index contributed by atoms with van der Waals surface area (Å²) >= 11 is 0. The van der Waals surface area contributed by atoms with Gasteiger partial charge in [0.25, 0.3) is 0 Å². The Balaban J connectivity index is 0. The third-order valence-electron chi connectivity index (χ3n) is 10.2. The van der Waals surface area contributed by atoms with Crippen molar-refractivity contribution < 1.29 is 37.1 Å². The molecule has 0 aliphatic heterocycles. The Morgan fingerprint density at radius 1 is 0.491 bits per heavy atom. The van der Waals surface area contributed by atoms with Gasteiger partial charge in [0.15, 0.2) is 18.2 Å². The molecule has 0 rings (SSSR count). The molecule has 0 bridgehead atoms. The molecule has 322 valence electrons.